The molecule has 0 aromatic heterocycles. The zero-order chi connectivity index (χ0) is 25.4. The molecule has 0 bridgehead atoms. The molecule has 4 rings (SSSR count). The van der Waals surface area contributed by atoms with Crippen molar-refractivity contribution in [2.45, 2.75) is 50.4 Å². The van der Waals surface area contributed by atoms with E-state index in [1.807, 2.05) is 0 Å². The zero-order valence-electron chi connectivity index (χ0n) is 21.7. The summed E-state index contributed by atoms with van der Waals surface area (Å²) in [5.41, 5.74) is 0. The predicted octanol–water partition coefficient (Wildman–Crippen LogP) is 4.97. The summed E-state index contributed by atoms with van der Waals surface area (Å²) in [5.74, 6) is 0.594. The van der Waals surface area contributed by atoms with E-state index < -0.39 is 8.32 Å². The van der Waals surface area contributed by atoms with Crippen molar-refractivity contribution in [2.24, 2.45) is 11.8 Å². The second-order valence-corrected chi connectivity index (χ2v) is 17.4. The number of cyclic esters (lactones) is 1. The summed E-state index contributed by atoms with van der Waals surface area (Å²) in [6.07, 6.45) is 2.51. The van der Waals surface area contributed by atoms with Gasteiger partial charge in [0, 0.05) is 0 Å². The van der Waals surface area contributed by atoms with Gasteiger partial charge in [0.05, 0.1) is 0 Å². The fourth-order valence-corrected chi connectivity index (χ4v) is 12.1. The van der Waals surface area contributed by atoms with Crippen molar-refractivity contribution < 1.29 is 14.0 Å². The van der Waals surface area contributed by atoms with Gasteiger partial charge in [-0.15, -0.1) is 0 Å². The van der Waals surface area contributed by atoms with Crippen molar-refractivity contribution in [2.75, 3.05) is 13.2 Å². The fourth-order valence-electron chi connectivity index (χ4n) is 5.40. The van der Waals surface area contributed by atoms with E-state index >= 15 is 0 Å². The molecule has 5 heteroatoms. The van der Waals surface area contributed by atoms with E-state index in [0.717, 1.165) is 18.2 Å². The molecular weight excluding hydrogens is 527 g/mol. The van der Waals surface area contributed by atoms with Crippen LogP contribution in [0.4, 0.5) is 0 Å². The van der Waals surface area contributed by atoms with Crippen molar-refractivity contribution in [1.29, 1.82) is 0 Å². The molecule has 190 valence electrons. The second kappa shape index (κ2) is 12.4. The summed E-state index contributed by atoms with van der Waals surface area (Å²) in [4.78, 5) is 12.2. The summed E-state index contributed by atoms with van der Waals surface area (Å²) in [5, 5.41) is 3.70. The Bertz CT molecular complexity index is 1040. The van der Waals surface area contributed by atoms with Crippen molar-refractivity contribution >= 4 is 44.1 Å². The van der Waals surface area contributed by atoms with Gasteiger partial charge in [-0.05, 0) is 0 Å². The number of benzene rings is 3. The first-order valence-corrected chi connectivity index (χ1v) is 17.0. The van der Waals surface area contributed by atoms with Gasteiger partial charge in [0.25, 0.3) is 0 Å². The van der Waals surface area contributed by atoms with Gasteiger partial charge in [-0.25, -0.2) is 0 Å². The monoisotopic (exact) mass is 566 g/mol. The number of carbonyl (C=O) groups is 1. The Balaban J connectivity index is 1.62. The Morgan fingerprint density at radius 3 is 2.00 bits per heavy atom. The summed E-state index contributed by atoms with van der Waals surface area (Å²) >= 11 is 0.423. The Labute approximate surface area is 223 Å². The molecule has 1 fully saturated rings. The quantitative estimate of drug-likeness (QED) is 0.257. The normalized spacial score (nSPS) is 17.4. The molecule has 3 nitrogen and oxygen atoms in total. The first-order valence-electron chi connectivity index (χ1n) is 13.0. The number of esters is 1. The zero-order valence-corrected chi connectivity index (χ0v) is 24.4. The number of hydrogen-bond acceptors (Lipinski definition) is 3. The van der Waals surface area contributed by atoms with Gasteiger partial charge >= 0.3 is 224 Å². The first-order chi connectivity index (χ1) is 17.4. The molecule has 0 saturated carbocycles. The van der Waals surface area contributed by atoms with Crippen LogP contribution in [0.3, 0.4) is 0 Å². The van der Waals surface area contributed by atoms with Crippen LogP contribution in [0.5, 0.6) is 0 Å². The molecule has 0 aliphatic carbocycles. The molecule has 36 heavy (non-hydrogen) atoms. The summed E-state index contributed by atoms with van der Waals surface area (Å²) in [6, 6.07) is 32.5. The van der Waals surface area contributed by atoms with E-state index in [4.69, 9.17) is 9.16 Å². The van der Waals surface area contributed by atoms with E-state index in [2.05, 4.69) is 112 Å². The second-order valence-electron chi connectivity index (χ2n) is 10.7. The Hall–Kier alpha value is -2.17. The van der Waals surface area contributed by atoms with E-state index in [1.165, 1.54) is 14.8 Å². The Kier molecular flexibility index (Phi) is 9.24. The average Bonchev–Trinajstić information content (AvgIpc) is 2.89. The third-order valence-corrected chi connectivity index (χ3v) is 14.5. The molecule has 0 N–H and O–H groups in total. The maximum absolute atomic E-state index is 12.2. The van der Waals surface area contributed by atoms with Gasteiger partial charge in [0.15, 0.2) is 0 Å². The first kappa shape index (κ1) is 26.9. The van der Waals surface area contributed by atoms with E-state index in [9.17, 15) is 4.79 Å². The van der Waals surface area contributed by atoms with Gasteiger partial charge in [0.2, 0.25) is 0 Å². The fraction of sp³-hybridized carbons (Fsp3) is 0.387. The van der Waals surface area contributed by atoms with Gasteiger partial charge in [-0.3, -0.25) is 0 Å². The van der Waals surface area contributed by atoms with Crippen LogP contribution in [-0.2, 0) is 14.0 Å². The minimum atomic E-state index is -2.61. The molecule has 0 amide bonds. The Morgan fingerprint density at radius 1 is 0.917 bits per heavy atom. The van der Waals surface area contributed by atoms with Crippen LogP contribution in [0.15, 0.2) is 91.0 Å². The maximum atomic E-state index is 12.2. The minimum absolute atomic E-state index is 0.0558. The molecule has 1 aliphatic rings. The van der Waals surface area contributed by atoms with E-state index in [0.29, 0.717) is 46.4 Å². The number of hydrogen-bond donors (Lipinski definition) is 0. The van der Waals surface area contributed by atoms with Crippen LogP contribution in [0, 0.1) is 11.8 Å². The summed E-state index contributed by atoms with van der Waals surface area (Å²) in [7, 11) is -2.61. The third-order valence-electron chi connectivity index (χ3n) is 7.28. The molecule has 1 aliphatic heterocycles. The molecule has 0 radical (unpaired) electrons. The van der Waals surface area contributed by atoms with Crippen LogP contribution in [-0.4, -0.2) is 42.5 Å². The van der Waals surface area contributed by atoms with Crippen molar-refractivity contribution in [3.63, 3.8) is 0 Å². The van der Waals surface area contributed by atoms with Gasteiger partial charge in [-0.1, -0.05) is 0 Å². The molecular formula is C31H38O3SeSi. The van der Waals surface area contributed by atoms with Crippen LogP contribution < -0.4 is 14.8 Å². The Morgan fingerprint density at radius 2 is 1.47 bits per heavy atom. The average molecular weight is 566 g/mol. The summed E-state index contributed by atoms with van der Waals surface area (Å²) in [6.45, 7) is 8.18. The van der Waals surface area contributed by atoms with Crippen LogP contribution in [0.2, 0.25) is 10.4 Å². The van der Waals surface area contributed by atoms with Crippen molar-refractivity contribution in [3.05, 3.63) is 91.0 Å². The standard InChI is InChI=1S/C31H38O3SeSi/c1-31(2,3)36(28-15-9-5-10-16-28,29-17-11-6-12-18-29)34-24-26(25-19-21-33-30(32)23-25)20-22-35-27-13-7-4-8-14-27/h4-18,25-26H,19-24H2,1-3H3/t25-,26+/m1/s1. The van der Waals surface area contributed by atoms with Gasteiger partial charge in [0.1, 0.15) is 0 Å². The number of ether oxygens (including phenoxy) is 1. The third kappa shape index (κ3) is 6.38. The van der Waals surface area contributed by atoms with Crippen LogP contribution >= 0.6 is 0 Å². The molecule has 1 saturated heterocycles. The summed E-state index contributed by atoms with van der Waals surface area (Å²) < 4.78 is 14.0. The van der Waals surface area contributed by atoms with E-state index in [1.54, 1.807) is 0 Å². The van der Waals surface area contributed by atoms with Gasteiger partial charge in [-0.2, -0.15) is 0 Å². The molecule has 3 aromatic carbocycles. The molecule has 0 spiro atoms. The molecule has 0 unspecified atom stereocenters. The predicted molar refractivity (Wildman–Crippen MR) is 152 cm³/mol. The molecule has 3 aromatic rings. The topological polar surface area (TPSA) is 35.5 Å². The number of carbonyl (C=O) groups excluding carboxylic acids is 1. The number of rotatable bonds is 10. The van der Waals surface area contributed by atoms with Crippen LogP contribution in [0.1, 0.15) is 40.0 Å². The molecule has 2 atom stereocenters. The molecule has 1 heterocycles. The SMILES string of the molecule is CC(C)(C)[Si](OC[C@H](CC[Se]c1ccccc1)[C@@H]1CCOC(=O)C1)(c1ccccc1)c1ccccc1. The van der Waals surface area contributed by atoms with E-state index in [-0.39, 0.29) is 11.0 Å². The van der Waals surface area contributed by atoms with Crippen molar-refractivity contribution in [3.8, 4) is 0 Å². The van der Waals surface area contributed by atoms with Crippen molar-refractivity contribution in [1.82, 2.24) is 0 Å². The van der Waals surface area contributed by atoms with Crippen LogP contribution in [0.25, 0.3) is 0 Å². The van der Waals surface area contributed by atoms with Gasteiger partial charge < -0.3 is 0 Å².